The third kappa shape index (κ3) is 5.13. The molecule has 198 valence electrons. The number of fused-ring (bicyclic) bond motifs is 1. The Labute approximate surface area is 217 Å². The van der Waals surface area contributed by atoms with Crippen LogP contribution in [0.1, 0.15) is 29.0 Å². The van der Waals surface area contributed by atoms with Crippen molar-refractivity contribution in [2.24, 2.45) is 0 Å². The number of piperazine rings is 1. The lowest BCUT2D eigenvalue weighted by Gasteiger charge is -2.37. The summed E-state index contributed by atoms with van der Waals surface area (Å²) in [5.41, 5.74) is 1.51. The van der Waals surface area contributed by atoms with E-state index in [0.29, 0.717) is 39.1 Å². The molecule has 2 fully saturated rings. The fourth-order valence-electron chi connectivity index (χ4n) is 4.87. The fraction of sp³-hybridized carbons (Fsp3) is 0.333. The number of phenolic OH excluding ortho intramolecular Hbond substituents is 2. The van der Waals surface area contributed by atoms with Gasteiger partial charge in [0, 0.05) is 63.5 Å². The highest BCUT2D eigenvalue weighted by molar-refractivity contribution is 5.95. The molecule has 2 aliphatic rings. The molecule has 0 spiro atoms. The Kier molecular flexibility index (Phi) is 6.91. The Morgan fingerprint density at radius 2 is 1.68 bits per heavy atom. The quantitative estimate of drug-likeness (QED) is 0.414. The number of carbonyl (C=O) groups excluding carboxylic acids is 3. The Balaban J connectivity index is 1.17. The number of hydrogen-bond donors (Lipinski definition) is 3. The zero-order valence-electron chi connectivity index (χ0n) is 20.7. The molecule has 5 rings (SSSR count). The molecule has 3 amide bonds. The summed E-state index contributed by atoms with van der Waals surface area (Å²) in [7, 11) is 0. The predicted molar refractivity (Wildman–Crippen MR) is 138 cm³/mol. The molecule has 0 bridgehead atoms. The van der Waals surface area contributed by atoms with E-state index in [-0.39, 0.29) is 35.1 Å². The van der Waals surface area contributed by atoms with Gasteiger partial charge in [-0.05, 0) is 24.1 Å². The maximum Gasteiger partial charge on any atom is 0.287 e. The highest BCUT2D eigenvalue weighted by Gasteiger charge is 2.25. The van der Waals surface area contributed by atoms with Crippen LogP contribution in [0.4, 0.5) is 5.69 Å². The summed E-state index contributed by atoms with van der Waals surface area (Å²) < 4.78 is 5.41. The first-order valence-corrected chi connectivity index (χ1v) is 12.5. The van der Waals surface area contributed by atoms with Gasteiger partial charge in [0.05, 0.1) is 11.9 Å². The lowest BCUT2D eigenvalue weighted by molar-refractivity contribution is -0.130. The Morgan fingerprint density at radius 3 is 2.42 bits per heavy atom. The van der Waals surface area contributed by atoms with Gasteiger partial charge >= 0.3 is 0 Å². The first kappa shape index (κ1) is 25.1. The molecule has 3 aromatic rings. The minimum absolute atomic E-state index is 0.0133. The van der Waals surface area contributed by atoms with Crippen molar-refractivity contribution < 1.29 is 29.0 Å². The van der Waals surface area contributed by atoms with Crippen molar-refractivity contribution in [1.29, 1.82) is 0 Å². The van der Waals surface area contributed by atoms with E-state index in [1.54, 1.807) is 4.90 Å². The number of benzene rings is 2. The molecule has 11 heteroatoms. The van der Waals surface area contributed by atoms with E-state index in [4.69, 9.17) is 4.42 Å². The summed E-state index contributed by atoms with van der Waals surface area (Å²) in [4.78, 5) is 55.5. The summed E-state index contributed by atoms with van der Waals surface area (Å²) in [6.45, 7) is 3.25. The molecule has 38 heavy (non-hydrogen) atoms. The van der Waals surface area contributed by atoms with E-state index in [1.807, 2.05) is 29.2 Å². The van der Waals surface area contributed by atoms with Crippen LogP contribution in [0, 0.1) is 0 Å². The van der Waals surface area contributed by atoms with Crippen LogP contribution in [-0.2, 0) is 16.1 Å². The Bertz CT molecular complexity index is 1460. The molecule has 2 saturated heterocycles. The number of hydrogen-bond acceptors (Lipinski definition) is 8. The van der Waals surface area contributed by atoms with Crippen molar-refractivity contribution in [3.8, 4) is 11.5 Å². The summed E-state index contributed by atoms with van der Waals surface area (Å²) in [5.74, 6) is -2.10. The summed E-state index contributed by atoms with van der Waals surface area (Å²) in [6.07, 6.45) is 1.49. The fourth-order valence-corrected chi connectivity index (χ4v) is 4.87. The Hall–Kier alpha value is -4.54. The normalized spacial score (nSPS) is 15.8. The van der Waals surface area contributed by atoms with Crippen LogP contribution in [0.5, 0.6) is 11.5 Å². The first-order valence-electron chi connectivity index (χ1n) is 12.5. The number of likely N-dealkylation sites (tertiary alicyclic amines) is 1. The van der Waals surface area contributed by atoms with E-state index < -0.39 is 22.8 Å². The largest absolute Gasteiger partial charge is 0.504 e. The molecule has 0 saturated carbocycles. The van der Waals surface area contributed by atoms with E-state index in [9.17, 15) is 29.4 Å². The van der Waals surface area contributed by atoms with E-state index in [2.05, 4.69) is 10.2 Å². The van der Waals surface area contributed by atoms with Crippen molar-refractivity contribution >= 4 is 34.4 Å². The van der Waals surface area contributed by atoms with Crippen LogP contribution in [0.3, 0.4) is 0 Å². The second-order valence-corrected chi connectivity index (χ2v) is 9.41. The molecule has 11 nitrogen and oxygen atoms in total. The highest BCUT2D eigenvalue weighted by atomic mass is 16.3. The van der Waals surface area contributed by atoms with E-state index >= 15 is 0 Å². The average molecular weight is 521 g/mol. The topological polar surface area (TPSA) is 144 Å². The average Bonchev–Trinajstić information content (AvgIpc) is 3.32. The van der Waals surface area contributed by atoms with Gasteiger partial charge in [-0.3, -0.25) is 19.2 Å². The number of aromatic hydroxyl groups is 2. The van der Waals surface area contributed by atoms with Gasteiger partial charge in [-0.2, -0.15) is 0 Å². The molecular formula is C27H28N4O7. The lowest BCUT2D eigenvalue weighted by atomic mass is 10.1. The van der Waals surface area contributed by atoms with Crippen molar-refractivity contribution in [1.82, 2.24) is 15.1 Å². The molecule has 0 aliphatic carbocycles. The van der Waals surface area contributed by atoms with Crippen LogP contribution in [0.2, 0.25) is 0 Å². The van der Waals surface area contributed by atoms with Gasteiger partial charge in [-0.15, -0.1) is 0 Å². The predicted octanol–water partition coefficient (Wildman–Crippen LogP) is 1.41. The van der Waals surface area contributed by atoms with E-state index in [1.165, 1.54) is 0 Å². The van der Waals surface area contributed by atoms with Crippen LogP contribution < -0.4 is 15.6 Å². The van der Waals surface area contributed by atoms with Crippen molar-refractivity contribution in [2.45, 2.75) is 19.4 Å². The summed E-state index contributed by atoms with van der Waals surface area (Å²) in [5, 5.41) is 21.7. The molecule has 0 unspecified atom stereocenters. The van der Waals surface area contributed by atoms with Crippen LogP contribution in [-0.4, -0.2) is 77.0 Å². The number of nitrogens with zero attached hydrogens (tertiary/aromatic N) is 3. The molecule has 2 aliphatic heterocycles. The smallest absolute Gasteiger partial charge is 0.287 e. The second-order valence-electron chi connectivity index (χ2n) is 9.41. The number of rotatable bonds is 6. The van der Waals surface area contributed by atoms with Crippen LogP contribution >= 0.6 is 0 Å². The number of carbonyl (C=O) groups is 3. The van der Waals surface area contributed by atoms with Gasteiger partial charge in [0.1, 0.15) is 5.58 Å². The number of anilines is 1. The van der Waals surface area contributed by atoms with Gasteiger partial charge < -0.3 is 34.6 Å². The van der Waals surface area contributed by atoms with Crippen LogP contribution in [0.15, 0.2) is 51.7 Å². The van der Waals surface area contributed by atoms with Gasteiger partial charge in [0.25, 0.3) is 5.91 Å². The number of amides is 3. The number of nitrogens with one attached hydrogen (secondary N) is 1. The maximum absolute atomic E-state index is 12.8. The molecule has 3 N–H and O–H groups in total. The standard InChI is InChI=1S/C27H28N4O7/c32-20-13-24(38-23-14-22(34)21(33)12-18(20)23)27(37)28-15-26(36)30-10-8-29(9-11-30)19-5-2-1-4-17(19)16-31-7-3-6-25(31)35/h1-2,4-5,12-14,33-34H,3,6-11,15-16H2,(H,28,37). The van der Waals surface area contributed by atoms with Gasteiger partial charge in [-0.25, -0.2) is 0 Å². The van der Waals surface area contributed by atoms with Crippen molar-refractivity contribution in [3.05, 3.63) is 64.0 Å². The SMILES string of the molecule is O=C(NCC(=O)N1CCN(c2ccccc2CN2CCCC2=O)CC1)c1cc(=O)c2cc(O)c(O)cc2o1. The molecule has 0 radical (unpaired) electrons. The second kappa shape index (κ2) is 10.4. The molecule has 3 heterocycles. The third-order valence-corrected chi connectivity index (χ3v) is 6.95. The first-order chi connectivity index (χ1) is 18.3. The molecular weight excluding hydrogens is 492 g/mol. The molecule has 2 aromatic carbocycles. The maximum atomic E-state index is 12.8. The van der Waals surface area contributed by atoms with E-state index in [0.717, 1.165) is 42.4 Å². The molecule has 0 atom stereocenters. The minimum Gasteiger partial charge on any atom is -0.504 e. The molecule has 1 aromatic heterocycles. The zero-order valence-corrected chi connectivity index (χ0v) is 20.7. The van der Waals surface area contributed by atoms with Crippen LogP contribution in [0.25, 0.3) is 11.0 Å². The lowest BCUT2D eigenvalue weighted by Crippen LogP contribution is -2.51. The third-order valence-electron chi connectivity index (χ3n) is 6.95. The minimum atomic E-state index is -0.742. The summed E-state index contributed by atoms with van der Waals surface area (Å²) in [6, 6.07) is 11.1. The monoisotopic (exact) mass is 520 g/mol. The summed E-state index contributed by atoms with van der Waals surface area (Å²) >= 11 is 0. The van der Waals surface area contributed by atoms with Gasteiger partial charge in [0.2, 0.25) is 11.8 Å². The van der Waals surface area contributed by atoms with Crippen molar-refractivity contribution in [3.63, 3.8) is 0 Å². The number of phenols is 2. The zero-order chi connectivity index (χ0) is 26.8. The number of para-hydroxylation sites is 1. The van der Waals surface area contributed by atoms with Gasteiger partial charge in [0.15, 0.2) is 22.7 Å². The highest BCUT2D eigenvalue weighted by Crippen LogP contribution is 2.29. The van der Waals surface area contributed by atoms with Gasteiger partial charge in [-0.1, -0.05) is 18.2 Å². The van der Waals surface area contributed by atoms with Crippen molar-refractivity contribution in [2.75, 3.05) is 44.2 Å². The Morgan fingerprint density at radius 1 is 0.947 bits per heavy atom.